The van der Waals surface area contributed by atoms with E-state index in [0.717, 1.165) is 25.3 Å². The molecule has 19 heavy (non-hydrogen) atoms. The highest BCUT2D eigenvalue weighted by Crippen LogP contribution is 2.27. The summed E-state index contributed by atoms with van der Waals surface area (Å²) in [6, 6.07) is 0. The molecule has 1 aliphatic carbocycles. The number of rotatable bonds is 5. The van der Waals surface area contributed by atoms with Gasteiger partial charge in [0.15, 0.2) is 0 Å². The second-order valence-electron chi connectivity index (χ2n) is 6.18. The first-order valence-corrected chi connectivity index (χ1v) is 8.18. The molecule has 1 unspecified atom stereocenters. The summed E-state index contributed by atoms with van der Waals surface area (Å²) in [6.07, 6.45) is 10.6. The quantitative estimate of drug-likeness (QED) is 0.716. The Morgan fingerprint density at radius 2 is 1.95 bits per heavy atom. The Morgan fingerprint density at radius 3 is 2.68 bits per heavy atom. The fraction of sp³-hybridized carbons (Fsp3) is 0.938. The molecule has 3 heteroatoms. The Balaban J connectivity index is 1.69. The van der Waals surface area contributed by atoms with Crippen LogP contribution in [-0.2, 0) is 9.53 Å². The summed E-state index contributed by atoms with van der Waals surface area (Å²) in [4.78, 5) is 14.3. The minimum atomic E-state index is 0.0184. The van der Waals surface area contributed by atoms with E-state index in [1.165, 1.54) is 51.6 Å². The van der Waals surface area contributed by atoms with Gasteiger partial charge in [0, 0.05) is 6.54 Å². The minimum Gasteiger partial charge on any atom is -0.466 e. The van der Waals surface area contributed by atoms with Crippen molar-refractivity contribution in [3.05, 3.63) is 0 Å². The zero-order valence-electron chi connectivity index (χ0n) is 12.4. The van der Waals surface area contributed by atoms with Crippen LogP contribution in [0.25, 0.3) is 0 Å². The normalized spacial score (nSPS) is 26.3. The summed E-state index contributed by atoms with van der Waals surface area (Å²) in [7, 11) is 0. The van der Waals surface area contributed by atoms with Gasteiger partial charge >= 0.3 is 5.97 Å². The molecular weight excluding hydrogens is 238 g/mol. The van der Waals surface area contributed by atoms with Crippen LogP contribution in [0.15, 0.2) is 0 Å². The molecule has 2 rings (SSSR count). The Labute approximate surface area is 117 Å². The van der Waals surface area contributed by atoms with E-state index in [-0.39, 0.29) is 11.9 Å². The van der Waals surface area contributed by atoms with E-state index in [0.29, 0.717) is 6.61 Å². The predicted molar refractivity (Wildman–Crippen MR) is 77.0 cm³/mol. The molecule has 1 saturated heterocycles. The van der Waals surface area contributed by atoms with Crippen molar-refractivity contribution >= 4 is 5.97 Å². The monoisotopic (exact) mass is 267 g/mol. The van der Waals surface area contributed by atoms with Gasteiger partial charge in [-0.25, -0.2) is 0 Å². The Morgan fingerprint density at radius 1 is 1.16 bits per heavy atom. The first-order valence-electron chi connectivity index (χ1n) is 8.18. The van der Waals surface area contributed by atoms with Crippen molar-refractivity contribution in [3.8, 4) is 0 Å². The standard InChI is InChI=1S/C16H29NO2/c1-2-19-16(18)15-9-6-11-17(13-15)12-10-14-7-4-3-5-8-14/h14-15H,2-13H2,1H3. The molecule has 0 bridgehead atoms. The van der Waals surface area contributed by atoms with Gasteiger partial charge in [0.05, 0.1) is 12.5 Å². The molecule has 1 atom stereocenters. The van der Waals surface area contributed by atoms with E-state index >= 15 is 0 Å². The van der Waals surface area contributed by atoms with E-state index in [4.69, 9.17) is 4.74 Å². The molecule has 0 aromatic rings. The Kier molecular flexibility index (Phi) is 6.15. The minimum absolute atomic E-state index is 0.0184. The van der Waals surface area contributed by atoms with Crippen LogP contribution in [0.4, 0.5) is 0 Å². The maximum absolute atomic E-state index is 11.8. The molecule has 0 spiro atoms. The lowest BCUT2D eigenvalue weighted by Gasteiger charge is -2.33. The predicted octanol–water partition coefficient (Wildman–Crippen LogP) is 3.23. The summed E-state index contributed by atoms with van der Waals surface area (Å²) in [5.74, 6) is 1.08. The maximum Gasteiger partial charge on any atom is 0.310 e. The number of nitrogens with zero attached hydrogens (tertiary/aromatic N) is 1. The van der Waals surface area contributed by atoms with Crippen LogP contribution in [0, 0.1) is 11.8 Å². The maximum atomic E-state index is 11.8. The molecule has 2 aliphatic rings. The van der Waals surface area contributed by atoms with Gasteiger partial charge in [-0.3, -0.25) is 4.79 Å². The molecular formula is C16H29NO2. The van der Waals surface area contributed by atoms with Crippen LogP contribution >= 0.6 is 0 Å². The van der Waals surface area contributed by atoms with Crippen molar-refractivity contribution in [2.24, 2.45) is 11.8 Å². The number of hydrogen-bond donors (Lipinski definition) is 0. The van der Waals surface area contributed by atoms with Crippen LogP contribution in [0.5, 0.6) is 0 Å². The van der Waals surface area contributed by atoms with Crippen LogP contribution in [0.2, 0.25) is 0 Å². The van der Waals surface area contributed by atoms with Gasteiger partial charge < -0.3 is 9.64 Å². The smallest absolute Gasteiger partial charge is 0.310 e. The molecule has 1 saturated carbocycles. The largest absolute Gasteiger partial charge is 0.466 e. The Bertz CT molecular complexity index is 274. The molecule has 0 N–H and O–H groups in total. The van der Waals surface area contributed by atoms with Crippen molar-refractivity contribution < 1.29 is 9.53 Å². The fourth-order valence-electron chi connectivity index (χ4n) is 3.55. The number of carbonyl (C=O) groups is 1. The van der Waals surface area contributed by atoms with Gasteiger partial charge in [-0.1, -0.05) is 32.1 Å². The van der Waals surface area contributed by atoms with E-state index in [2.05, 4.69) is 4.90 Å². The number of piperidine rings is 1. The average Bonchev–Trinajstić information content (AvgIpc) is 2.47. The molecule has 110 valence electrons. The molecule has 0 aromatic heterocycles. The van der Waals surface area contributed by atoms with Gasteiger partial charge in [-0.05, 0) is 45.2 Å². The average molecular weight is 267 g/mol. The number of ether oxygens (including phenoxy) is 1. The van der Waals surface area contributed by atoms with Gasteiger partial charge in [0.2, 0.25) is 0 Å². The van der Waals surface area contributed by atoms with Gasteiger partial charge in [0.1, 0.15) is 0 Å². The van der Waals surface area contributed by atoms with Crippen molar-refractivity contribution in [1.29, 1.82) is 0 Å². The van der Waals surface area contributed by atoms with Crippen molar-refractivity contribution in [3.63, 3.8) is 0 Å². The van der Waals surface area contributed by atoms with Crippen LogP contribution in [0.1, 0.15) is 58.3 Å². The molecule has 2 fully saturated rings. The molecule has 1 aliphatic heterocycles. The van der Waals surface area contributed by atoms with Gasteiger partial charge in [-0.2, -0.15) is 0 Å². The summed E-state index contributed by atoms with van der Waals surface area (Å²) in [5, 5.41) is 0. The number of hydrogen-bond acceptors (Lipinski definition) is 3. The molecule has 0 radical (unpaired) electrons. The zero-order valence-corrected chi connectivity index (χ0v) is 12.4. The van der Waals surface area contributed by atoms with E-state index < -0.39 is 0 Å². The van der Waals surface area contributed by atoms with Crippen LogP contribution in [0.3, 0.4) is 0 Å². The van der Waals surface area contributed by atoms with E-state index in [9.17, 15) is 4.79 Å². The highest BCUT2D eigenvalue weighted by Gasteiger charge is 2.27. The summed E-state index contributed by atoms with van der Waals surface area (Å²) in [6.45, 7) is 5.67. The third-order valence-corrected chi connectivity index (χ3v) is 4.70. The van der Waals surface area contributed by atoms with Gasteiger partial charge in [-0.15, -0.1) is 0 Å². The SMILES string of the molecule is CCOC(=O)C1CCCN(CCC2CCCCC2)C1. The zero-order chi connectivity index (χ0) is 13.5. The lowest BCUT2D eigenvalue weighted by atomic mass is 9.86. The third kappa shape index (κ3) is 4.79. The second kappa shape index (κ2) is 7.88. The topological polar surface area (TPSA) is 29.5 Å². The number of esters is 1. The first-order chi connectivity index (χ1) is 9.29. The molecule has 0 amide bonds. The van der Waals surface area contributed by atoms with Crippen molar-refractivity contribution in [2.75, 3.05) is 26.2 Å². The van der Waals surface area contributed by atoms with Crippen molar-refractivity contribution in [2.45, 2.75) is 58.3 Å². The summed E-state index contributed by atoms with van der Waals surface area (Å²) in [5.41, 5.74) is 0. The van der Waals surface area contributed by atoms with Crippen LogP contribution < -0.4 is 0 Å². The summed E-state index contributed by atoms with van der Waals surface area (Å²) < 4.78 is 5.16. The van der Waals surface area contributed by atoms with Crippen molar-refractivity contribution in [1.82, 2.24) is 4.90 Å². The Hall–Kier alpha value is -0.570. The first kappa shape index (κ1) is 14.8. The van der Waals surface area contributed by atoms with E-state index in [1.807, 2.05) is 6.92 Å². The third-order valence-electron chi connectivity index (χ3n) is 4.70. The van der Waals surface area contributed by atoms with Gasteiger partial charge in [0.25, 0.3) is 0 Å². The number of likely N-dealkylation sites (tertiary alicyclic amines) is 1. The number of carbonyl (C=O) groups excluding carboxylic acids is 1. The lowest BCUT2D eigenvalue weighted by Crippen LogP contribution is -2.40. The fourth-order valence-corrected chi connectivity index (χ4v) is 3.55. The molecule has 3 nitrogen and oxygen atoms in total. The second-order valence-corrected chi connectivity index (χ2v) is 6.18. The van der Waals surface area contributed by atoms with E-state index in [1.54, 1.807) is 0 Å². The molecule has 1 heterocycles. The lowest BCUT2D eigenvalue weighted by molar-refractivity contribution is -0.149. The highest BCUT2D eigenvalue weighted by atomic mass is 16.5. The molecule has 0 aromatic carbocycles. The van der Waals surface area contributed by atoms with Crippen LogP contribution in [-0.4, -0.2) is 37.1 Å². The summed E-state index contributed by atoms with van der Waals surface area (Å²) >= 11 is 0. The highest BCUT2D eigenvalue weighted by molar-refractivity contribution is 5.72.